The van der Waals surface area contributed by atoms with E-state index in [2.05, 4.69) is 34.0 Å². The summed E-state index contributed by atoms with van der Waals surface area (Å²) >= 11 is 0. The number of furan rings is 1. The van der Waals surface area contributed by atoms with Gasteiger partial charge in [-0.2, -0.15) is 0 Å². The maximum absolute atomic E-state index is 12.2. The van der Waals surface area contributed by atoms with Crippen LogP contribution in [0.15, 0.2) is 39.7 Å². The summed E-state index contributed by atoms with van der Waals surface area (Å²) in [6.07, 6.45) is 7.34. The van der Waals surface area contributed by atoms with Crippen molar-refractivity contribution in [3.63, 3.8) is 0 Å². The summed E-state index contributed by atoms with van der Waals surface area (Å²) in [6, 6.07) is 7.90. The highest BCUT2D eigenvalue weighted by Gasteiger charge is 2.26. The van der Waals surface area contributed by atoms with Crippen molar-refractivity contribution in [3.05, 3.63) is 58.0 Å². The minimum atomic E-state index is -0.0670. The van der Waals surface area contributed by atoms with Crippen molar-refractivity contribution in [3.8, 4) is 0 Å². The van der Waals surface area contributed by atoms with E-state index in [1.807, 2.05) is 6.07 Å². The van der Waals surface area contributed by atoms with Crippen LogP contribution in [-0.4, -0.2) is 26.0 Å². The monoisotopic (exact) mass is 340 g/mol. The van der Waals surface area contributed by atoms with E-state index in [0.29, 0.717) is 12.2 Å². The highest BCUT2D eigenvalue weighted by atomic mass is 16.3. The van der Waals surface area contributed by atoms with Crippen LogP contribution in [-0.2, 0) is 13.0 Å². The molecule has 25 heavy (non-hydrogen) atoms. The summed E-state index contributed by atoms with van der Waals surface area (Å²) in [5, 5.41) is 2.89. The molecule has 0 aliphatic carbocycles. The van der Waals surface area contributed by atoms with Crippen molar-refractivity contribution in [2.45, 2.75) is 51.6 Å². The molecule has 0 spiro atoms. The summed E-state index contributed by atoms with van der Waals surface area (Å²) < 4.78 is 7.51. The van der Waals surface area contributed by atoms with Crippen molar-refractivity contribution >= 4 is 5.65 Å². The van der Waals surface area contributed by atoms with Gasteiger partial charge >= 0.3 is 0 Å². The van der Waals surface area contributed by atoms with Gasteiger partial charge in [0.25, 0.3) is 5.56 Å². The molecule has 1 fully saturated rings. The number of fused-ring (bicyclic) bond motifs is 1. The van der Waals surface area contributed by atoms with Crippen LogP contribution in [0.3, 0.4) is 0 Å². The Labute approximate surface area is 146 Å². The smallest absolute Gasteiger partial charge is 0.272 e. The van der Waals surface area contributed by atoms with Crippen LogP contribution in [0.1, 0.15) is 55.9 Å². The quantitative estimate of drug-likeness (QED) is 0.791. The van der Waals surface area contributed by atoms with Crippen molar-refractivity contribution < 1.29 is 4.42 Å². The van der Waals surface area contributed by atoms with Gasteiger partial charge in [0.05, 0.1) is 11.7 Å². The predicted octanol–water partition coefficient (Wildman–Crippen LogP) is 3.30. The predicted molar refractivity (Wildman–Crippen MR) is 95.5 cm³/mol. The lowest BCUT2D eigenvalue weighted by Crippen LogP contribution is -2.29. The Morgan fingerprint density at radius 2 is 2.20 bits per heavy atom. The molecule has 4 rings (SSSR count). The number of nitrogens with one attached hydrogen (secondary N) is 1. The van der Waals surface area contributed by atoms with E-state index in [9.17, 15) is 4.79 Å². The average molecular weight is 340 g/mol. The zero-order chi connectivity index (χ0) is 17.2. The third-order valence-corrected chi connectivity index (χ3v) is 5.02. The van der Waals surface area contributed by atoms with E-state index in [4.69, 9.17) is 4.42 Å². The number of hydrogen-bond donors (Lipinski definition) is 1. The lowest BCUT2D eigenvalue weighted by molar-refractivity contribution is 0.166. The van der Waals surface area contributed by atoms with Gasteiger partial charge in [-0.3, -0.25) is 14.8 Å². The van der Waals surface area contributed by atoms with E-state index < -0.39 is 0 Å². The molecular weight excluding hydrogens is 316 g/mol. The van der Waals surface area contributed by atoms with Crippen LogP contribution >= 0.6 is 0 Å². The molecule has 1 aliphatic rings. The van der Waals surface area contributed by atoms with Gasteiger partial charge in [0, 0.05) is 31.3 Å². The summed E-state index contributed by atoms with van der Waals surface area (Å²) in [5.74, 6) is 2.07. The highest BCUT2D eigenvalue weighted by molar-refractivity contribution is 5.36. The molecule has 1 atom stereocenters. The lowest BCUT2D eigenvalue weighted by Gasteiger charge is -2.28. The zero-order valence-corrected chi connectivity index (χ0v) is 14.6. The Bertz CT molecular complexity index is 907. The SMILES string of the molecule is CCc1ccc(C2CCCCCN2Cc2cc(=O)n3[nH]ccc3n2)o1. The van der Waals surface area contributed by atoms with Crippen LogP contribution in [0.2, 0.25) is 0 Å². The Hall–Kier alpha value is -2.34. The average Bonchev–Trinajstić information content (AvgIpc) is 3.21. The van der Waals surface area contributed by atoms with E-state index in [1.165, 1.54) is 23.8 Å². The molecule has 4 heterocycles. The first-order valence-corrected chi connectivity index (χ1v) is 9.13. The molecule has 0 bridgehead atoms. The maximum atomic E-state index is 12.2. The van der Waals surface area contributed by atoms with E-state index in [0.717, 1.165) is 36.6 Å². The molecule has 0 saturated carbocycles. The fourth-order valence-corrected chi connectivity index (χ4v) is 3.71. The second-order valence-corrected chi connectivity index (χ2v) is 6.73. The first-order chi connectivity index (χ1) is 12.2. The third kappa shape index (κ3) is 3.26. The number of aryl methyl sites for hydroxylation is 1. The van der Waals surface area contributed by atoms with Gasteiger partial charge in [-0.1, -0.05) is 19.8 Å². The van der Waals surface area contributed by atoms with Crippen LogP contribution in [0.5, 0.6) is 0 Å². The molecule has 6 nitrogen and oxygen atoms in total. The lowest BCUT2D eigenvalue weighted by atomic mass is 10.1. The topological polar surface area (TPSA) is 66.5 Å². The number of likely N-dealkylation sites (tertiary alicyclic amines) is 1. The minimum Gasteiger partial charge on any atom is -0.464 e. The molecule has 0 aromatic carbocycles. The van der Waals surface area contributed by atoms with Crippen LogP contribution in [0, 0.1) is 0 Å². The molecule has 1 saturated heterocycles. The fraction of sp³-hybridized carbons (Fsp3) is 0.474. The summed E-state index contributed by atoms with van der Waals surface area (Å²) in [7, 11) is 0. The van der Waals surface area contributed by atoms with Gasteiger partial charge in [0.2, 0.25) is 0 Å². The molecule has 1 N–H and O–H groups in total. The first kappa shape index (κ1) is 16.1. The molecule has 0 amide bonds. The zero-order valence-electron chi connectivity index (χ0n) is 14.6. The number of aromatic amines is 1. The van der Waals surface area contributed by atoms with Crippen LogP contribution < -0.4 is 5.56 Å². The Kier molecular flexibility index (Phi) is 4.44. The number of H-pyrrole nitrogens is 1. The fourth-order valence-electron chi connectivity index (χ4n) is 3.71. The number of nitrogens with zero attached hydrogens (tertiary/aromatic N) is 3. The summed E-state index contributed by atoms with van der Waals surface area (Å²) in [4.78, 5) is 19.3. The van der Waals surface area contributed by atoms with Crippen molar-refractivity contribution in [1.82, 2.24) is 19.5 Å². The molecule has 3 aromatic heterocycles. The van der Waals surface area contributed by atoms with Gasteiger partial charge < -0.3 is 4.42 Å². The van der Waals surface area contributed by atoms with Gasteiger partial charge in [0.1, 0.15) is 11.5 Å². The number of hydrogen-bond acceptors (Lipinski definition) is 4. The van der Waals surface area contributed by atoms with Gasteiger partial charge in [-0.05, 0) is 31.5 Å². The van der Waals surface area contributed by atoms with Gasteiger partial charge in [-0.25, -0.2) is 9.50 Å². The standard InChI is InChI=1S/C19H24N4O2/c1-2-15-7-8-17(25-15)16-6-4-3-5-11-22(16)13-14-12-19(24)23-18(21-14)9-10-20-23/h7-10,12,16,20H,2-6,11,13H2,1H3. The van der Waals surface area contributed by atoms with Crippen molar-refractivity contribution in [2.24, 2.45) is 0 Å². The highest BCUT2D eigenvalue weighted by Crippen LogP contribution is 2.32. The summed E-state index contributed by atoms with van der Waals surface area (Å²) in [5.41, 5.74) is 1.42. The maximum Gasteiger partial charge on any atom is 0.272 e. The second kappa shape index (κ2) is 6.88. The molecule has 1 unspecified atom stereocenters. The molecule has 132 valence electrons. The molecule has 3 aromatic rings. The molecular formula is C19H24N4O2. The minimum absolute atomic E-state index is 0.0670. The largest absolute Gasteiger partial charge is 0.464 e. The van der Waals surface area contributed by atoms with Gasteiger partial charge in [-0.15, -0.1) is 0 Å². The Morgan fingerprint density at radius 3 is 3.04 bits per heavy atom. The third-order valence-electron chi connectivity index (χ3n) is 5.02. The first-order valence-electron chi connectivity index (χ1n) is 9.13. The van der Waals surface area contributed by atoms with E-state index >= 15 is 0 Å². The Balaban J connectivity index is 1.63. The summed E-state index contributed by atoms with van der Waals surface area (Å²) in [6.45, 7) is 3.78. The van der Waals surface area contributed by atoms with Crippen LogP contribution in [0.4, 0.5) is 0 Å². The normalized spacial score (nSPS) is 19.3. The van der Waals surface area contributed by atoms with Gasteiger partial charge in [0.15, 0.2) is 5.65 Å². The molecule has 1 aliphatic heterocycles. The second-order valence-electron chi connectivity index (χ2n) is 6.73. The van der Waals surface area contributed by atoms with Crippen molar-refractivity contribution in [1.29, 1.82) is 0 Å². The van der Waals surface area contributed by atoms with Crippen molar-refractivity contribution in [2.75, 3.05) is 6.54 Å². The Morgan fingerprint density at radius 1 is 1.28 bits per heavy atom. The number of rotatable bonds is 4. The molecule has 0 radical (unpaired) electrons. The molecule has 6 heteroatoms. The van der Waals surface area contributed by atoms with Crippen LogP contribution in [0.25, 0.3) is 5.65 Å². The van der Waals surface area contributed by atoms with E-state index in [1.54, 1.807) is 12.3 Å². The number of aromatic nitrogens is 3. The van der Waals surface area contributed by atoms with E-state index in [-0.39, 0.29) is 11.6 Å².